The van der Waals surface area contributed by atoms with Gasteiger partial charge in [-0.15, -0.1) is 0 Å². The first kappa shape index (κ1) is 62.3. The molecule has 0 N–H and O–H groups in total. The van der Waals surface area contributed by atoms with Gasteiger partial charge in [-0.05, 0) is 128 Å². The molecule has 0 aromatic carbocycles. The summed E-state index contributed by atoms with van der Waals surface area (Å²) >= 11 is 0. The molecule has 0 aliphatic heterocycles. The van der Waals surface area contributed by atoms with Crippen molar-refractivity contribution in [2.24, 2.45) is 0 Å². The second kappa shape index (κ2) is 53.9. The molecule has 67 heavy (non-hydrogen) atoms. The minimum Gasteiger partial charge on any atom is -0.462 e. The lowest BCUT2D eigenvalue weighted by Gasteiger charge is -2.18. The number of carbonyl (C=O) groups is 3. The molecule has 0 aromatic heterocycles. The summed E-state index contributed by atoms with van der Waals surface area (Å²) in [5.74, 6) is -1.08. The van der Waals surface area contributed by atoms with Crippen LogP contribution in [-0.2, 0) is 28.6 Å². The summed E-state index contributed by atoms with van der Waals surface area (Å²) in [6, 6.07) is 0. The number of ether oxygens (including phenoxy) is 3. The first-order chi connectivity index (χ1) is 33.0. The van der Waals surface area contributed by atoms with Crippen molar-refractivity contribution in [3.8, 4) is 0 Å². The minimum atomic E-state index is -0.840. The maximum atomic E-state index is 12.8. The molecule has 0 aliphatic carbocycles. The highest BCUT2D eigenvalue weighted by molar-refractivity contribution is 5.71. The van der Waals surface area contributed by atoms with Crippen molar-refractivity contribution in [2.75, 3.05) is 13.2 Å². The Morgan fingerprint density at radius 2 is 0.612 bits per heavy atom. The zero-order chi connectivity index (χ0) is 48.6. The first-order valence-corrected chi connectivity index (χ1v) is 26.3. The molecule has 0 fully saturated rings. The van der Waals surface area contributed by atoms with E-state index in [9.17, 15) is 14.4 Å². The molecule has 0 aromatic rings. The molecule has 0 bridgehead atoms. The molecule has 6 heteroatoms. The molecule has 0 aliphatic rings. The van der Waals surface area contributed by atoms with Gasteiger partial charge in [-0.1, -0.05) is 199 Å². The number of carbonyl (C=O) groups excluding carboxylic acids is 3. The van der Waals surface area contributed by atoms with Crippen LogP contribution in [0.5, 0.6) is 0 Å². The van der Waals surface area contributed by atoms with Crippen LogP contribution < -0.4 is 0 Å². The van der Waals surface area contributed by atoms with Gasteiger partial charge in [-0.25, -0.2) is 0 Å². The van der Waals surface area contributed by atoms with Gasteiger partial charge in [-0.2, -0.15) is 0 Å². The van der Waals surface area contributed by atoms with Crippen LogP contribution in [0.4, 0.5) is 0 Å². The Kier molecular flexibility index (Phi) is 50.1. The van der Waals surface area contributed by atoms with E-state index < -0.39 is 6.10 Å². The fraction of sp³-hybridized carbons (Fsp3) is 0.557. The number of esters is 3. The highest BCUT2D eigenvalue weighted by Gasteiger charge is 2.19. The quantitative estimate of drug-likeness (QED) is 0.0262. The van der Waals surface area contributed by atoms with Crippen molar-refractivity contribution in [1.29, 1.82) is 0 Å². The topological polar surface area (TPSA) is 78.9 Å². The van der Waals surface area contributed by atoms with E-state index in [1.165, 1.54) is 25.7 Å². The predicted molar refractivity (Wildman–Crippen MR) is 288 cm³/mol. The summed E-state index contributed by atoms with van der Waals surface area (Å²) in [5.41, 5.74) is 0. The van der Waals surface area contributed by atoms with E-state index in [1.54, 1.807) is 0 Å². The van der Waals surface area contributed by atoms with Crippen molar-refractivity contribution in [1.82, 2.24) is 0 Å². The molecular weight excluding hydrogens is 829 g/mol. The Morgan fingerprint density at radius 1 is 0.313 bits per heavy atom. The van der Waals surface area contributed by atoms with E-state index in [0.29, 0.717) is 12.8 Å². The molecule has 0 rings (SSSR count). The van der Waals surface area contributed by atoms with Gasteiger partial charge in [0, 0.05) is 19.3 Å². The zero-order valence-corrected chi connectivity index (χ0v) is 42.6. The molecule has 1 atom stereocenters. The summed E-state index contributed by atoms with van der Waals surface area (Å²) in [6.45, 7) is 6.24. The number of rotatable bonds is 45. The number of unbranched alkanes of at least 4 members (excludes halogenated alkanes) is 10. The van der Waals surface area contributed by atoms with Crippen LogP contribution in [0, 0.1) is 0 Å². The predicted octanol–water partition coefficient (Wildman–Crippen LogP) is 17.6. The Bertz CT molecular complexity index is 1530. The third-order valence-corrected chi connectivity index (χ3v) is 10.3. The summed E-state index contributed by atoms with van der Waals surface area (Å²) < 4.78 is 16.7. The largest absolute Gasteiger partial charge is 0.462 e. The maximum Gasteiger partial charge on any atom is 0.306 e. The van der Waals surface area contributed by atoms with Crippen LogP contribution in [0.15, 0.2) is 146 Å². The van der Waals surface area contributed by atoms with Crippen LogP contribution in [0.3, 0.4) is 0 Å². The number of allylic oxidation sites excluding steroid dienone is 24. The average Bonchev–Trinajstić information content (AvgIpc) is 3.33. The van der Waals surface area contributed by atoms with Crippen LogP contribution in [0.2, 0.25) is 0 Å². The molecule has 6 nitrogen and oxygen atoms in total. The van der Waals surface area contributed by atoms with Gasteiger partial charge in [0.15, 0.2) is 6.10 Å². The molecule has 0 radical (unpaired) electrons. The third-order valence-electron chi connectivity index (χ3n) is 10.3. The summed E-state index contributed by atoms with van der Waals surface area (Å²) in [7, 11) is 0. The molecule has 0 saturated carbocycles. The zero-order valence-electron chi connectivity index (χ0n) is 42.6. The highest BCUT2D eigenvalue weighted by Crippen LogP contribution is 2.11. The second-order valence-corrected chi connectivity index (χ2v) is 16.7. The summed E-state index contributed by atoms with van der Waals surface area (Å²) in [4.78, 5) is 38.0. The first-order valence-electron chi connectivity index (χ1n) is 26.3. The third kappa shape index (κ3) is 52.1. The lowest BCUT2D eigenvalue weighted by atomic mass is 10.1. The number of hydrogen-bond donors (Lipinski definition) is 0. The van der Waals surface area contributed by atoms with E-state index in [2.05, 4.69) is 154 Å². The molecular formula is C61H94O6. The fourth-order valence-corrected chi connectivity index (χ4v) is 6.43. The van der Waals surface area contributed by atoms with Crippen molar-refractivity contribution < 1.29 is 28.6 Å². The van der Waals surface area contributed by atoms with E-state index in [1.807, 2.05) is 12.2 Å². The Hall–Kier alpha value is -4.71. The summed E-state index contributed by atoms with van der Waals surface area (Å²) in [5, 5.41) is 0. The maximum absolute atomic E-state index is 12.8. The van der Waals surface area contributed by atoms with Crippen molar-refractivity contribution >= 4 is 17.9 Å². The molecule has 0 saturated heterocycles. The van der Waals surface area contributed by atoms with Crippen LogP contribution in [-0.4, -0.2) is 37.2 Å². The van der Waals surface area contributed by atoms with Gasteiger partial charge in [0.25, 0.3) is 0 Å². The Balaban J connectivity index is 4.62. The van der Waals surface area contributed by atoms with Crippen molar-refractivity contribution in [3.63, 3.8) is 0 Å². The van der Waals surface area contributed by atoms with Gasteiger partial charge in [0.1, 0.15) is 13.2 Å². The molecule has 0 heterocycles. The minimum absolute atomic E-state index is 0.135. The van der Waals surface area contributed by atoms with Gasteiger partial charge < -0.3 is 14.2 Å². The van der Waals surface area contributed by atoms with Crippen LogP contribution in [0.1, 0.15) is 201 Å². The van der Waals surface area contributed by atoms with E-state index in [0.717, 1.165) is 122 Å². The van der Waals surface area contributed by atoms with Crippen molar-refractivity contribution in [3.05, 3.63) is 146 Å². The lowest BCUT2D eigenvalue weighted by molar-refractivity contribution is -0.166. The summed E-state index contributed by atoms with van der Waals surface area (Å²) in [6.07, 6.45) is 77.0. The second-order valence-electron chi connectivity index (χ2n) is 16.7. The van der Waals surface area contributed by atoms with E-state index in [4.69, 9.17) is 14.2 Å². The number of hydrogen-bond acceptors (Lipinski definition) is 6. The monoisotopic (exact) mass is 923 g/mol. The van der Waals surface area contributed by atoms with Crippen LogP contribution in [0.25, 0.3) is 0 Å². The normalized spacial score (nSPS) is 13.3. The van der Waals surface area contributed by atoms with Gasteiger partial charge >= 0.3 is 17.9 Å². The lowest BCUT2D eigenvalue weighted by Crippen LogP contribution is -2.30. The van der Waals surface area contributed by atoms with Gasteiger partial charge in [-0.3, -0.25) is 14.4 Å². The van der Waals surface area contributed by atoms with Crippen molar-refractivity contribution in [2.45, 2.75) is 207 Å². The standard InChI is InChI=1S/C61H94O6/c1-4-7-10-13-16-19-22-25-28-29-30-31-34-36-39-42-45-48-51-54-60(63)66-57-58(67-61(64)55-52-49-46-43-40-37-33-27-24-21-18-15-12-9-6-3)56-65-59(62)53-50-47-44-41-38-35-32-26-23-20-17-14-11-8-5-2/h7,9-10,12,16-21,25-28,30-33,36,38-39,41,45,48,58H,4-6,8,11,13-15,22-24,29,34-35,37,40,42-44,46-47,49-57H2,1-3H3/b10-7-,12-9-,19-16-,20-17-,21-18-,28-25-,31-30-,32-26-,33-27-,39-36-,41-38-,48-45-/t58-/m1/s1. The van der Waals surface area contributed by atoms with Gasteiger partial charge in [0.05, 0.1) is 0 Å². The Labute approximate surface area is 410 Å². The SMILES string of the molecule is CC/C=C\C/C=C\C/C=C\C/C=C\C/C=C\C/C=C\CCC(=O)OC[C@@H](COC(=O)CCCC/C=C\C/C=C\C/C=C\CCCCC)OC(=O)CCCCCCC/C=C\C/C=C\C/C=C\CC. The highest BCUT2D eigenvalue weighted by atomic mass is 16.6. The van der Waals surface area contributed by atoms with Gasteiger partial charge in [0.2, 0.25) is 0 Å². The molecule has 374 valence electrons. The Morgan fingerprint density at radius 3 is 1.03 bits per heavy atom. The molecule has 0 amide bonds. The fourth-order valence-electron chi connectivity index (χ4n) is 6.43. The van der Waals surface area contributed by atoms with Crippen LogP contribution >= 0.6 is 0 Å². The van der Waals surface area contributed by atoms with E-state index >= 15 is 0 Å². The average molecular weight is 923 g/mol. The molecule has 0 unspecified atom stereocenters. The van der Waals surface area contributed by atoms with E-state index in [-0.39, 0.29) is 50.4 Å². The molecule has 0 spiro atoms. The smallest absolute Gasteiger partial charge is 0.306 e.